The van der Waals surface area contributed by atoms with Gasteiger partial charge in [-0.05, 0) is 6.92 Å². The van der Waals surface area contributed by atoms with Crippen LogP contribution in [0.1, 0.15) is 6.92 Å². The molecule has 0 spiro atoms. The van der Waals surface area contributed by atoms with Gasteiger partial charge in [-0.25, -0.2) is 15.0 Å². The van der Waals surface area contributed by atoms with Gasteiger partial charge in [0.25, 0.3) is 0 Å². The molecule has 2 rings (SSSR count). The Morgan fingerprint density at radius 2 is 2.00 bits per heavy atom. The normalized spacial score (nSPS) is 11.3. The molecule has 0 aliphatic rings. The molecule has 124 valence electrons. The molecule has 2 heterocycles. The zero-order valence-corrected chi connectivity index (χ0v) is 14.3. The molecule has 0 bridgehead atoms. The van der Waals surface area contributed by atoms with Crippen molar-refractivity contribution >= 4 is 47.7 Å². The lowest BCUT2D eigenvalue weighted by atomic mass is 10.3. The predicted molar refractivity (Wildman–Crippen MR) is 90.7 cm³/mol. The van der Waals surface area contributed by atoms with E-state index in [0.717, 1.165) is 5.52 Å². The minimum atomic E-state index is -0.0169. The van der Waals surface area contributed by atoms with Gasteiger partial charge < -0.3 is 20.5 Å². The molecular formula is C12H21Cl2N7O. The monoisotopic (exact) mass is 349 g/mol. The molecule has 0 aliphatic carbocycles. The van der Waals surface area contributed by atoms with Crippen molar-refractivity contribution in [3.63, 3.8) is 0 Å². The molecule has 2 aromatic rings. The van der Waals surface area contributed by atoms with E-state index in [1.54, 1.807) is 23.2 Å². The molecule has 1 unspecified atom stereocenters. The van der Waals surface area contributed by atoms with Crippen LogP contribution in [-0.4, -0.2) is 64.0 Å². The number of nitrogens with one attached hydrogen (secondary N) is 1. The van der Waals surface area contributed by atoms with Gasteiger partial charge in [0.05, 0.1) is 12.9 Å². The average Bonchev–Trinajstić information content (AvgIpc) is 2.93. The summed E-state index contributed by atoms with van der Waals surface area (Å²) >= 11 is 0. The number of halogens is 2. The van der Waals surface area contributed by atoms with Gasteiger partial charge in [0.1, 0.15) is 11.8 Å². The first kappa shape index (κ1) is 20.4. The highest BCUT2D eigenvalue weighted by molar-refractivity contribution is 5.87. The molecule has 0 aromatic carbocycles. The number of fused-ring (bicyclic) bond motifs is 1. The number of carbonyl (C=O) groups is 1. The summed E-state index contributed by atoms with van der Waals surface area (Å²) < 4.78 is 0. The number of aromatic nitrogens is 4. The third kappa shape index (κ3) is 4.19. The van der Waals surface area contributed by atoms with Crippen LogP contribution in [0.25, 0.3) is 11.2 Å². The smallest absolute Gasteiger partial charge is 0.242 e. The Kier molecular flexibility index (Phi) is 8.07. The highest BCUT2D eigenvalue weighted by Crippen LogP contribution is 2.18. The lowest BCUT2D eigenvalue weighted by molar-refractivity contribution is -0.129. The fraction of sp³-hybridized carbons (Fsp3) is 0.500. The second-order valence-corrected chi connectivity index (χ2v) is 4.74. The Morgan fingerprint density at radius 3 is 2.64 bits per heavy atom. The van der Waals surface area contributed by atoms with Gasteiger partial charge in [0.2, 0.25) is 5.91 Å². The fourth-order valence-corrected chi connectivity index (χ4v) is 1.83. The van der Waals surface area contributed by atoms with Crippen LogP contribution in [0.15, 0.2) is 12.7 Å². The van der Waals surface area contributed by atoms with E-state index in [4.69, 9.17) is 5.73 Å². The minimum Gasteiger partial charge on any atom is -0.348 e. The summed E-state index contributed by atoms with van der Waals surface area (Å²) in [6.45, 7) is 2.56. The molecule has 1 amide bonds. The van der Waals surface area contributed by atoms with Gasteiger partial charge in [-0.2, -0.15) is 0 Å². The number of anilines is 1. The van der Waals surface area contributed by atoms with Crippen molar-refractivity contribution < 1.29 is 4.79 Å². The minimum absolute atomic E-state index is 0. The lowest BCUT2D eigenvalue weighted by Gasteiger charge is -2.26. The summed E-state index contributed by atoms with van der Waals surface area (Å²) in [4.78, 5) is 30.9. The maximum Gasteiger partial charge on any atom is 0.242 e. The zero-order chi connectivity index (χ0) is 14.7. The van der Waals surface area contributed by atoms with E-state index >= 15 is 0 Å². The standard InChI is InChI=1S/C12H19N7O.2ClH/c1-8(4-13)19(3)9(20)5-18(2)12-10-11(15-6-14-10)16-7-17-12;;/h6-8H,4-5,13H2,1-3H3,(H,14,15,16,17);2*1H. The summed E-state index contributed by atoms with van der Waals surface area (Å²) in [7, 11) is 3.56. The van der Waals surface area contributed by atoms with Crippen molar-refractivity contribution in [1.82, 2.24) is 24.8 Å². The lowest BCUT2D eigenvalue weighted by Crippen LogP contribution is -2.44. The molecule has 0 saturated heterocycles. The van der Waals surface area contributed by atoms with Crippen molar-refractivity contribution in [2.45, 2.75) is 13.0 Å². The summed E-state index contributed by atoms with van der Waals surface area (Å²) in [6, 6.07) is 0.00784. The maximum absolute atomic E-state index is 12.2. The predicted octanol–water partition coefficient (Wildman–Crippen LogP) is 0.438. The van der Waals surface area contributed by atoms with Crippen LogP contribution in [0.4, 0.5) is 5.82 Å². The number of H-pyrrole nitrogens is 1. The number of rotatable bonds is 5. The number of hydrogen-bond donors (Lipinski definition) is 2. The Bertz CT molecular complexity index is 606. The van der Waals surface area contributed by atoms with Crippen LogP contribution < -0.4 is 10.6 Å². The van der Waals surface area contributed by atoms with Gasteiger partial charge in [0, 0.05) is 26.7 Å². The van der Waals surface area contributed by atoms with Crippen molar-refractivity contribution in [3.05, 3.63) is 12.7 Å². The number of hydrogen-bond acceptors (Lipinski definition) is 6. The van der Waals surface area contributed by atoms with E-state index in [1.165, 1.54) is 6.33 Å². The van der Waals surface area contributed by atoms with E-state index in [-0.39, 0.29) is 43.3 Å². The van der Waals surface area contributed by atoms with E-state index in [9.17, 15) is 4.79 Å². The molecule has 10 heteroatoms. The van der Waals surface area contributed by atoms with Crippen molar-refractivity contribution in [2.75, 3.05) is 32.1 Å². The Labute approximate surface area is 141 Å². The summed E-state index contributed by atoms with van der Waals surface area (Å²) in [6.07, 6.45) is 2.99. The number of aromatic amines is 1. The Balaban J connectivity index is 0.00000220. The zero-order valence-electron chi connectivity index (χ0n) is 12.7. The Morgan fingerprint density at radius 1 is 1.32 bits per heavy atom. The second-order valence-electron chi connectivity index (χ2n) is 4.74. The van der Waals surface area contributed by atoms with Gasteiger partial charge >= 0.3 is 0 Å². The molecule has 3 N–H and O–H groups in total. The van der Waals surface area contributed by atoms with Crippen LogP contribution in [0.2, 0.25) is 0 Å². The Hall–Kier alpha value is -1.64. The molecular weight excluding hydrogens is 329 g/mol. The maximum atomic E-state index is 12.2. The van der Waals surface area contributed by atoms with Crippen molar-refractivity contribution in [2.24, 2.45) is 5.73 Å². The van der Waals surface area contributed by atoms with Crippen LogP contribution in [0, 0.1) is 0 Å². The summed E-state index contributed by atoms with van der Waals surface area (Å²) in [5.41, 5.74) is 6.87. The highest BCUT2D eigenvalue weighted by atomic mass is 35.5. The van der Waals surface area contributed by atoms with Gasteiger partial charge in [0.15, 0.2) is 11.5 Å². The number of imidazole rings is 1. The molecule has 0 radical (unpaired) electrons. The molecule has 2 aromatic heterocycles. The first-order chi connectivity index (χ1) is 9.54. The molecule has 8 nitrogen and oxygen atoms in total. The van der Waals surface area contributed by atoms with Crippen LogP contribution in [0.3, 0.4) is 0 Å². The number of carbonyl (C=O) groups excluding carboxylic acids is 1. The quantitative estimate of drug-likeness (QED) is 0.811. The number of amides is 1. The molecule has 0 saturated carbocycles. The van der Waals surface area contributed by atoms with E-state index in [0.29, 0.717) is 18.0 Å². The molecule has 1 atom stereocenters. The third-order valence-electron chi connectivity index (χ3n) is 3.33. The van der Waals surface area contributed by atoms with Gasteiger partial charge in [-0.15, -0.1) is 24.8 Å². The van der Waals surface area contributed by atoms with Crippen LogP contribution in [0.5, 0.6) is 0 Å². The van der Waals surface area contributed by atoms with Crippen molar-refractivity contribution in [1.29, 1.82) is 0 Å². The van der Waals surface area contributed by atoms with E-state index in [1.807, 2.05) is 14.0 Å². The summed E-state index contributed by atoms with van der Waals surface area (Å²) in [5, 5.41) is 0. The van der Waals surface area contributed by atoms with Crippen molar-refractivity contribution in [3.8, 4) is 0 Å². The van der Waals surface area contributed by atoms with E-state index in [2.05, 4.69) is 19.9 Å². The first-order valence-corrected chi connectivity index (χ1v) is 6.35. The number of nitrogens with zero attached hydrogens (tertiary/aromatic N) is 5. The number of nitrogens with two attached hydrogens (primary N) is 1. The molecule has 0 fully saturated rings. The highest BCUT2D eigenvalue weighted by Gasteiger charge is 2.18. The largest absolute Gasteiger partial charge is 0.348 e. The number of likely N-dealkylation sites (N-methyl/N-ethyl adjacent to an activating group) is 2. The molecule has 0 aliphatic heterocycles. The van der Waals surface area contributed by atoms with Crippen LogP contribution >= 0.6 is 24.8 Å². The summed E-state index contributed by atoms with van der Waals surface area (Å²) in [5.74, 6) is 0.631. The second kappa shape index (κ2) is 8.72. The topological polar surface area (TPSA) is 104 Å². The van der Waals surface area contributed by atoms with Gasteiger partial charge in [-0.1, -0.05) is 0 Å². The van der Waals surface area contributed by atoms with Gasteiger partial charge in [-0.3, -0.25) is 4.79 Å². The SMILES string of the molecule is CC(CN)N(C)C(=O)CN(C)c1ncnc2nc[nH]c12.Cl.Cl. The third-order valence-corrected chi connectivity index (χ3v) is 3.33. The average molecular weight is 350 g/mol. The van der Waals surface area contributed by atoms with E-state index < -0.39 is 0 Å². The first-order valence-electron chi connectivity index (χ1n) is 6.35. The van der Waals surface area contributed by atoms with Crippen LogP contribution in [-0.2, 0) is 4.79 Å². The fourth-order valence-electron chi connectivity index (χ4n) is 1.83. The molecule has 22 heavy (non-hydrogen) atoms.